The molecular weight excluding hydrogens is 432 g/mol. The second kappa shape index (κ2) is 7.10. The van der Waals surface area contributed by atoms with Gasteiger partial charge in [-0.2, -0.15) is 0 Å². The van der Waals surface area contributed by atoms with Gasteiger partial charge in [-0.25, -0.2) is 0 Å². The van der Waals surface area contributed by atoms with Crippen molar-refractivity contribution in [3.8, 4) is 22.3 Å². The van der Waals surface area contributed by atoms with Crippen LogP contribution >= 0.6 is 0 Å². The van der Waals surface area contributed by atoms with Crippen molar-refractivity contribution in [3.05, 3.63) is 106 Å². The van der Waals surface area contributed by atoms with Gasteiger partial charge in [-0.05, 0) is 90.0 Å². The monoisotopic (exact) mass is 466 g/mol. The number of hydrogen-bond donors (Lipinski definition) is 0. The highest BCUT2D eigenvalue weighted by molar-refractivity contribution is 6.26. The van der Waals surface area contributed by atoms with Crippen molar-refractivity contribution >= 4 is 21.5 Å². The van der Waals surface area contributed by atoms with Crippen molar-refractivity contribution in [1.82, 2.24) is 0 Å². The van der Waals surface area contributed by atoms with E-state index in [1.165, 1.54) is 77.2 Å². The highest BCUT2D eigenvalue weighted by atomic mass is 14.5. The van der Waals surface area contributed by atoms with Crippen molar-refractivity contribution in [3.63, 3.8) is 0 Å². The summed E-state index contributed by atoms with van der Waals surface area (Å²) in [6.45, 7) is 14.3. The molecule has 0 bridgehead atoms. The van der Waals surface area contributed by atoms with Gasteiger partial charge in [-0.15, -0.1) is 0 Å². The first-order valence-corrected chi connectivity index (χ1v) is 13.6. The van der Waals surface area contributed by atoms with Crippen LogP contribution in [0.15, 0.2) is 72.8 Å². The molecule has 0 N–H and O–H groups in total. The van der Waals surface area contributed by atoms with Gasteiger partial charge >= 0.3 is 0 Å². The number of aryl methyl sites for hydroxylation is 2. The molecular formula is C36H34. The second-order valence-electron chi connectivity index (χ2n) is 11.8. The van der Waals surface area contributed by atoms with Crippen molar-refractivity contribution in [2.45, 2.75) is 65.2 Å². The molecule has 0 saturated heterocycles. The standard InChI is InChI=1S/C36H34/c1-7-21-13-9-14-22(8-2)29(21)30-23-15-10-17-25-31(23)34-32-24(30)16-11-18-26(32)36(5,6)28-20-12-19-27(33(28)34)35(25,3)4/h9-20H,7-8H2,1-6H3. The lowest BCUT2D eigenvalue weighted by Gasteiger charge is -2.43. The minimum atomic E-state index is -0.0526. The number of rotatable bonds is 3. The molecule has 0 atom stereocenters. The van der Waals surface area contributed by atoms with E-state index >= 15 is 0 Å². The van der Waals surface area contributed by atoms with Gasteiger partial charge in [0.25, 0.3) is 0 Å². The summed E-state index contributed by atoms with van der Waals surface area (Å²) in [6, 6.07) is 28.1. The molecule has 5 aromatic rings. The van der Waals surface area contributed by atoms with Crippen LogP contribution in [0.2, 0.25) is 0 Å². The summed E-state index contributed by atoms with van der Waals surface area (Å²) >= 11 is 0. The Kier molecular flexibility index (Phi) is 4.31. The lowest BCUT2D eigenvalue weighted by atomic mass is 9.59. The van der Waals surface area contributed by atoms with Gasteiger partial charge in [0.1, 0.15) is 0 Å². The van der Waals surface area contributed by atoms with E-state index in [9.17, 15) is 0 Å². The molecule has 5 aromatic carbocycles. The number of hydrogen-bond acceptors (Lipinski definition) is 0. The molecule has 0 radical (unpaired) electrons. The lowest BCUT2D eigenvalue weighted by molar-refractivity contribution is 0.619. The Labute approximate surface area is 215 Å². The molecule has 0 fully saturated rings. The Balaban J connectivity index is 1.84. The van der Waals surface area contributed by atoms with Crippen LogP contribution in [0.5, 0.6) is 0 Å². The normalized spacial score (nSPS) is 16.2. The van der Waals surface area contributed by atoms with Crippen molar-refractivity contribution in [2.24, 2.45) is 0 Å². The maximum atomic E-state index is 2.43. The maximum Gasteiger partial charge on any atom is 0.0159 e. The van der Waals surface area contributed by atoms with Gasteiger partial charge in [0.15, 0.2) is 0 Å². The van der Waals surface area contributed by atoms with E-state index < -0.39 is 0 Å². The molecule has 0 heteroatoms. The van der Waals surface area contributed by atoms with Gasteiger partial charge in [0, 0.05) is 10.8 Å². The van der Waals surface area contributed by atoms with E-state index in [0.717, 1.165) is 12.8 Å². The minimum absolute atomic E-state index is 0.0526. The molecule has 0 aromatic heterocycles. The Bertz CT molecular complexity index is 1630. The molecule has 178 valence electrons. The Hall–Kier alpha value is -3.38. The van der Waals surface area contributed by atoms with E-state index in [1.807, 2.05) is 0 Å². The van der Waals surface area contributed by atoms with Gasteiger partial charge in [-0.1, -0.05) is 114 Å². The van der Waals surface area contributed by atoms with Crippen LogP contribution in [-0.4, -0.2) is 0 Å². The van der Waals surface area contributed by atoms with Crippen molar-refractivity contribution < 1.29 is 0 Å². The summed E-state index contributed by atoms with van der Waals surface area (Å²) < 4.78 is 0. The highest BCUT2D eigenvalue weighted by Gasteiger charge is 2.43. The maximum absolute atomic E-state index is 2.43. The van der Waals surface area contributed by atoms with Crippen molar-refractivity contribution in [1.29, 1.82) is 0 Å². The van der Waals surface area contributed by atoms with Crippen LogP contribution in [0.4, 0.5) is 0 Å². The van der Waals surface area contributed by atoms with E-state index in [1.54, 1.807) is 0 Å². The molecule has 2 aliphatic carbocycles. The molecule has 7 rings (SSSR count). The van der Waals surface area contributed by atoms with E-state index in [2.05, 4.69) is 114 Å². The molecule has 36 heavy (non-hydrogen) atoms. The van der Waals surface area contributed by atoms with Gasteiger partial charge < -0.3 is 0 Å². The molecule has 0 heterocycles. The first kappa shape index (κ1) is 21.9. The van der Waals surface area contributed by atoms with Gasteiger partial charge in [0.2, 0.25) is 0 Å². The Morgan fingerprint density at radius 3 is 1.33 bits per heavy atom. The average molecular weight is 467 g/mol. The molecule has 0 nitrogen and oxygen atoms in total. The average Bonchev–Trinajstić information content (AvgIpc) is 2.89. The topological polar surface area (TPSA) is 0 Å². The SMILES string of the molecule is CCc1cccc(CC)c1-c1c2cccc3c2c2c4c(cccc14)C(C)(C)c1cccc(c1-2)C3(C)C. The van der Waals surface area contributed by atoms with Crippen LogP contribution in [0.3, 0.4) is 0 Å². The lowest BCUT2D eigenvalue weighted by Crippen LogP contribution is -2.30. The largest absolute Gasteiger partial charge is 0.0617 e. The summed E-state index contributed by atoms with van der Waals surface area (Å²) in [4.78, 5) is 0. The fraction of sp³-hybridized carbons (Fsp3) is 0.278. The Morgan fingerprint density at radius 2 is 0.861 bits per heavy atom. The fourth-order valence-corrected chi connectivity index (χ4v) is 7.61. The third-order valence-corrected chi connectivity index (χ3v) is 9.42. The fourth-order valence-electron chi connectivity index (χ4n) is 7.61. The van der Waals surface area contributed by atoms with Crippen LogP contribution in [0, 0.1) is 0 Å². The molecule has 0 saturated carbocycles. The minimum Gasteiger partial charge on any atom is -0.0617 e. The molecule has 0 unspecified atom stereocenters. The third kappa shape index (κ3) is 2.45. The number of benzene rings is 5. The molecule has 0 spiro atoms. The predicted octanol–water partition coefficient (Wildman–Crippen LogP) is 9.73. The summed E-state index contributed by atoms with van der Waals surface area (Å²) in [6.07, 6.45) is 2.08. The van der Waals surface area contributed by atoms with Crippen LogP contribution in [0.1, 0.15) is 74.9 Å². The van der Waals surface area contributed by atoms with Crippen LogP contribution in [0.25, 0.3) is 43.8 Å². The zero-order valence-electron chi connectivity index (χ0n) is 22.3. The third-order valence-electron chi connectivity index (χ3n) is 9.42. The first-order chi connectivity index (χ1) is 17.3. The van der Waals surface area contributed by atoms with E-state index in [0.29, 0.717) is 0 Å². The molecule has 2 aliphatic rings. The smallest absolute Gasteiger partial charge is 0.0159 e. The summed E-state index contributed by atoms with van der Waals surface area (Å²) in [5.41, 5.74) is 14.5. The van der Waals surface area contributed by atoms with E-state index in [4.69, 9.17) is 0 Å². The van der Waals surface area contributed by atoms with Crippen molar-refractivity contribution in [2.75, 3.05) is 0 Å². The summed E-state index contributed by atoms with van der Waals surface area (Å²) in [5.74, 6) is 0. The van der Waals surface area contributed by atoms with Crippen LogP contribution in [-0.2, 0) is 23.7 Å². The second-order valence-corrected chi connectivity index (χ2v) is 11.8. The van der Waals surface area contributed by atoms with E-state index in [-0.39, 0.29) is 10.8 Å². The summed E-state index contributed by atoms with van der Waals surface area (Å²) in [5, 5.41) is 5.77. The predicted molar refractivity (Wildman–Crippen MR) is 155 cm³/mol. The summed E-state index contributed by atoms with van der Waals surface area (Å²) in [7, 11) is 0. The molecule has 0 amide bonds. The zero-order valence-corrected chi connectivity index (χ0v) is 22.3. The quantitative estimate of drug-likeness (QED) is 0.232. The van der Waals surface area contributed by atoms with Gasteiger partial charge in [0.05, 0.1) is 0 Å². The zero-order chi connectivity index (χ0) is 25.0. The first-order valence-electron chi connectivity index (χ1n) is 13.6. The van der Waals surface area contributed by atoms with Gasteiger partial charge in [-0.3, -0.25) is 0 Å². The highest BCUT2D eigenvalue weighted by Crippen LogP contribution is 2.60. The Morgan fingerprint density at radius 1 is 0.444 bits per heavy atom. The molecule has 0 aliphatic heterocycles. The van der Waals surface area contributed by atoms with Crippen LogP contribution < -0.4 is 0 Å².